The fraction of sp³-hybridized carbons (Fsp3) is 0.647. The maximum atomic E-state index is 6.11. The Labute approximate surface area is 128 Å². The lowest BCUT2D eigenvalue weighted by Gasteiger charge is -2.33. The van der Waals surface area contributed by atoms with Gasteiger partial charge < -0.3 is 15.2 Å². The third-order valence-corrected chi connectivity index (χ3v) is 4.02. The molecule has 0 saturated heterocycles. The molecule has 1 aliphatic rings. The van der Waals surface area contributed by atoms with E-state index in [1.807, 2.05) is 12.1 Å². The van der Waals surface area contributed by atoms with Crippen molar-refractivity contribution in [1.29, 1.82) is 0 Å². The molecule has 0 aromatic heterocycles. The van der Waals surface area contributed by atoms with Gasteiger partial charge in [0.1, 0.15) is 11.5 Å². The Morgan fingerprint density at radius 1 is 1.24 bits per heavy atom. The average molecular weight is 292 g/mol. The van der Waals surface area contributed by atoms with Gasteiger partial charge in [0.15, 0.2) is 0 Å². The van der Waals surface area contributed by atoms with Crippen LogP contribution < -0.4 is 15.2 Å². The summed E-state index contributed by atoms with van der Waals surface area (Å²) in [6.45, 7) is 6.19. The minimum Gasteiger partial charge on any atom is -0.497 e. The van der Waals surface area contributed by atoms with Gasteiger partial charge in [-0.15, -0.1) is 0 Å². The minimum atomic E-state index is 0.209. The molecule has 0 bridgehead atoms. The van der Waals surface area contributed by atoms with Crippen LogP contribution in [0.4, 0.5) is 0 Å². The second-order valence-corrected chi connectivity index (χ2v) is 6.18. The third kappa shape index (κ3) is 3.89. The summed E-state index contributed by atoms with van der Waals surface area (Å²) < 4.78 is 10.8. The van der Waals surface area contributed by atoms with Crippen LogP contribution >= 0.6 is 0 Å². The Morgan fingerprint density at radius 2 is 1.95 bits per heavy atom. The molecular formula is C17H28N2O2. The molecule has 4 nitrogen and oxygen atoms in total. The molecule has 0 spiro atoms. The quantitative estimate of drug-likeness (QED) is 0.800. The maximum absolute atomic E-state index is 6.11. The number of hydrogen-bond acceptors (Lipinski definition) is 4. The first kappa shape index (κ1) is 16.1. The molecule has 21 heavy (non-hydrogen) atoms. The Hall–Kier alpha value is -1.26. The van der Waals surface area contributed by atoms with E-state index in [4.69, 9.17) is 15.2 Å². The SMILES string of the molecule is COc1ccc(C(CN)N(CC(C)C)C2CC2)c(OC)c1. The van der Waals surface area contributed by atoms with Crippen molar-refractivity contribution in [1.82, 2.24) is 4.90 Å². The number of nitrogens with zero attached hydrogens (tertiary/aromatic N) is 1. The zero-order valence-corrected chi connectivity index (χ0v) is 13.6. The summed E-state index contributed by atoms with van der Waals surface area (Å²) >= 11 is 0. The van der Waals surface area contributed by atoms with Crippen LogP contribution in [0.25, 0.3) is 0 Å². The van der Waals surface area contributed by atoms with E-state index in [1.54, 1.807) is 14.2 Å². The van der Waals surface area contributed by atoms with Gasteiger partial charge in [0, 0.05) is 30.8 Å². The Kier molecular flexibility index (Phi) is 5.48. The van der Waals surface area contributed by atoms with Crippen molar-refractivity contribution in [3.63, 3.8) is 0 Å². The Balaban J connectivity index is 2.30. The molecule has 2 rings (SSSR count). The Morgan fingerprint density at radius 3 is 2.43 bits per heavy atom. The monoisotopic (exact) mass is 292 g/mol. The largest absolute Gasteiger partial charge is 0.497 e. The van der Waals surface area contributed by atoms with Gasteiger partial charge in [0.2, 0.25) is 0 Å². The fourth-order valence-electron chi connectivity index (χ4n) is 2.89. The summed E-state index contributed by atoms with van der Waals surface area (Å²) in [6, 6.07) is 6.90. The van der Waals surface area contributed by atoms with E-state index in [1.165, 1.54) is 12.8 Å². The van der Waals surface area contributed by atoms with Crippen molar-refractivity contribution in [3.05, 3.63) is 23.8 Å². The number of methoxy groups -OCH3 is 2. The summed E-state index contributed by atoms with van der Waals surface area (Å²) in [7, 11) is 3.37. The molecule has 1 aliphatic carbocycles. The molecule has 0 amide bonds. The average Bonchev–Trinajstić information content (AvgIpc) is 3.31. The summed E-state index contributed by atoms with van der Waals surface area (Å²) in [5.41, 5.74) is 7.27. The molecule has 118 valence electrons. The van der Waals surface area contributed by atoms with Crippen LogP contribution in [0.1, 0.15) is 38.3 Å². The highest BCUT2D eigenvalue weighted by Crippen LogP contribution is 2.38. The number of rotatable bonds is 8. The van der Waals surface area contributed by atoms with Gasteiger partial charge >= 0.3 is 0 Å². The second-order valence-electron chi connectivity index (χ2n) is 6.18. The first-order chi connectivity index (χ1) is 10.1. The lowest BCUT2D eigenvalue weighted by Crippen LogP contribution is -2.38. The van der Waals surface area contributed by atoms with Crippen molar-refractivity contribution in [2.75, 3.05) is 27.3 Å². The topological polar surface area (TPSA) is 47.7 Å². The molecule has 4 heteroatoms. The van der Waals surface area contributed by atoms with Gasteiger partial charge in [-0.2, -0.15) is 0 Å². The number of hydrogen-bond donors (Lipinski definition) is 1. The van der Waals surface area contributed by atoms with Crippen molar-refractivity contribution < 1.29 is 9.47 Å². The van der Waals surface area contributed by atoms with E-state index >= 15 is 0 Å². The van der Waals surface area contributed by atoms with E-state index in [9.17, 15) is 0 Å². The normalized spacial score (nSPS) is 16.3. The Bertz CT molecular complexity index is 458. The van der Waals surface area contributed by atoms with Crippen molar-refractivity contribution in [2.24, 2.45) is 11.7 Å². The van der Waals surface area contributed by atoms with Crippen molar-refractivity contribution in [3.8, 4) is 11.5 Å². The van der Waals surface area contributed by atoms with Crippen LogP contribution in [0.15, 0.2) is 18.2 Å². The lowest BCUT2D eigenvalue weighted by molar-refractivity contribution is 0.167. The smallest absolute Gasteiger partial charge is 0.127 e. The lowest BCUT2D eigenvalue weighted by atomic mass is 10.0. The summed E-state index contributed by atoms with van der Waals surface area (Å²) in [5, 5.41) is 0. The number of benzene rings is 1. The van der Waals surface area contributed by atoms with Crippen LogP contribution in [-0.2, 0) is 0 Å². The molecule has 0 heterocycles. The van der Waals surface area contributed by atoms with Gasteiger partial charge in [-0.1, -0.05) is 19.9 Å². The zero-order chi connectivity index (χ0) is 15.4. The first-order valence-corrected chi connectivity index (χ1v) is 7.78. The van der Waals surface area contributed by atoms with Crippen molar-refractivity contribution >= 4 is 0 Å². The van der Waals surface area contributed by atoms with Crippen LogP contribution in [0.2, 0.25) is 0 Å². The van der Waals surface area contributed by atoms with Gasteiger partial charge in [-0.3, -0.25) is 4.90 Å². The highest BCUT2D eigenvalue weighted by molar-refractivity contribution is 5.43. The minimum absolute atomic E-state index is 0.209. The molecule has 1 saturated carbocycles. The molecule has 2 N–H and O–H groups in total. The van der Waals surface area contributed by atoms with E-state index < -0.39 is 0 Å². The highest BCUT2D eigenvalue weighted by Gasteiger charge is 2.35. The van der Waals surface area contributed by atoms with E-state index in [0.29, 0.717) is 18.5 Å². The molecule has 0 radical (unpaired) electrons. The van der Waals surface area contributed by atoms with Gasteiger partial charge in [-0.05, 0) is 24.8 Å². The fourth-order valence-corrected chi connectivity index (χ4v) is 2.89. The predicted octanol–water partition coefficient (Wildman–Crippen LogP) is 2.82. The first-order valence-electron chi connectivity index (χ1n) is 7.78. The highest BCUT2D eigenvalue weighted by atomic mass is 16.5. The van der Waals surface area contributed by atoms with Crippen LogP contribution in [0.3, 0.4) is 0 Å². The number of nitrogens with two attached hydrogens (primary N) is 1. The van der Waals surface area contributed by atoms with Crippen LogP contribution in [0.5, 0.6) is 11.5 Å². The van der Waals surface area contributed by atoms with Crippen LogP contribution in [-0.4, -0.2) is 38.3 Å². The van der Waals surface area contributed by atoms with Crippen LogP contribution in [0, 0.1) is 5.92 Å². The van der Waals surface area contributed by atoms with E-state index in [2.05, 4.69) is 24.8 Å². The maximum Gasteiger partial charge on any atom is 0.127 e. The molecule has 1 atom stereocenters. The van der Waals surface area contributed by atoms with E-state index in [-0.39, 0.29) is 6.04 Å². The third-order valence-electron chi connectivity index (χ3n) is 4.02. The molecule has 0 aliphatic heterocycles. The van der Waals surface area contributed by atoms with Gasteiger partial charge in [0.25, 0.3) is 0 Å². The zero-order valence-electron chi connectivity index (χ0n) is 13.6. The van der Waals surface area contributed by atoms with Crippen molar-refractivity contribution in [2.45, 2.75) is 38.8 Å². The summed E-state index contributed by atoms with van der Waals surface area (Å²) in [5.74, 6) is 2.30. The molecule has 1 aromatic carbocycles. The number of ether oxygens (including phenoxy) is 2. The summed E-state index contributed by atoms with van der Waals surface area (Å²) in [6.07, 6.45) is 2.56. The summed E-state index contributed by atoms with van der Waals surface area (Å²) in [4.78, 5) is 2.55. The molecule has 1 unspecified atom stereocenters. The predicted molar refractivity (Wildman–Crippen MR) is 85.9 cm³/mol. The molecule has 1 aromatic rings. The molecule has 1 fully saturated rings. The van der Waals surface area contributed by atoms with Gasteiger partial charge in [-0.25, -0.2) is 0 Å². The van der Waals surface area contributed by atoms with Gasteiger partial charge in [0.05, 0.1) is 20.3 Å². The second kappa shape index (κ2) is 7.14. The standard InChI is InChI=1S/C17H28N2O2/c1-12(2)11-19(13-5-6-13)16(10-18)15-8-7-14(20-3)9-17(15)21-4/h7-9,12-13,16H,5-6,10-11,18H2,1-4H3. The van der Waals surface area contributed by atoms with E-state index in [0.717, 1.165) is 23.6 Å². The molecular weight excluding hydrogens is 264 g/mol.